The van der Waals surface area contributed by atoms with E-state index in [4.69, 9.17) is 5.11 Å². The number of carboxylic acids is 1. The lowest BCUT2D eigenvalue weighted by molar-refractivity contribution is 0.0691. The SMILES string of the molecule is CC(C)CCN(C)C(=O)c1nc(C(=O)O)cs1. The van der Waals surface area contributed by atoms with Crippen LogP contribution in [0.4, 0.5) is 0 Å². The van der Waals surface area contributed by atoms with E-state index in [1.54, 1.807) is 11.9 Å². The zero-order chi connectivity index (χ0) is 13.0. The molecule has 17 heavy (non-hydrogen) atoms. The molecule has 0 atom stereocenters. The van der Waals surface area contributed by atoms with Crippen LogP contribution in [0.3, 0.4) is 0 Å². The van der Waals surface area contributed by atoms with Crippen molar-refractivity contribution in [2.45, 2.75) is 20.3 Å². The third kappa shape index (κ3) is 3.81. The molecule has 0 aliphatic heterocycles. The van der Waals surface area contributed by atoms with E-state index in [1.165, 1.54) is 5.38 Å². The van der Waals surface area contributed by atoms with Gasteiger partial charge in [-0.15, -0.1) is 11.3 Å². The Labute approximate surface area is 104 Å². The summed E-state index contributed by atoms with van der Waals surface area (Å²) in [7, 11) is 1.70. The molecule has 0 bridgehead atoms. The molecule has 1 aromatic rings. The van der Waals surface area contributed by atoms with Crippen molar-refractivity contribution in [1.82, 2.24) is 9.88 Å². The topological polar surface area (TPSA) is 70.5 Å². The minimum atomic E-state index is -1.11. The molecule has 0 saturated heterocycles. The minimum absolute atomic E-state index is 0.0735. The number of hydrogen-bond acceptors (Lipinski definition) is 4. The Balaban J connectivity index is 2.65. The van der Waals surface area contributed by atoms with Crippen molar-refractivity contribution in [2.24, 2.45) is 5.92 Å². The van der Waals surface area contributed by atoms with Crippen molar-refractivity contribution >= 4 is 23.2 Å². The van der Waals surface area contributed by atoms with Gasteiger partial charge in [0, 0.05) is 19.0 Å². The van der Waals surface area contributed by atoms with E-state index in [1.807, 2.05) is 0 Å². The van der Waals surface area contributed by atoms with Gasteiger partial charge in [-0.25, -0.2) is 9.78 Å². The highest BCUT2D eigenvalue weighted by atomic mass is 32.1. The molecule has 0 spiro atoms. The summed E-state index contributed by atoms with van der Waals surface area (Å²) in [5, 5.41) is 10.3. The number of hydrogen-bond donors (Lipinski definition) is 1. The number of rotatable bonds is 5. The summed E-state index contributed by atoms with van der Waals surface area (Å²) >= 11 is 1.07. The van der Waals surface area contributed by atoms with Gasteiger partial charge in [0.2, 0.25) is 0 Å². The molecule has 0 unspecified atom stereocenters. The fraction of sp³-hybridized carbons (Fsp3) is 0.545. The summed E-state index contributed by atoms with van der Waals surface area (Å²) in [5.74, 6) is -0.801. The van der Waals surface area contributed by atoms with Crippen molar-refractivity contribution in [3.63, 3.8) is 0 Å². The zero-order valence-corrected chi connectivity index (χ0v) is 11.0. The first-order valence-corrected chi connectivity index (χ1v) is 6.24. The highest BCUT2D eigenvalue weighted by Gasteiger charge is 2.18. The van der Waals surface area contributed by atoms with Gasteiger partial charge in [-0.1, -0.05) is 13.8 Å². The summed E-state index contributed by atoms with van der Waals surface area (Å²) < 4.78 is 0. The van der Waals surface area contributed by atoms with Crippen LogP contribution in [0.1, 0.15) is 40.6 Å². The summed E-state index contributed by atoms with van der Waals surface area (Å²) in [6, 6.07) is 0. The van der Waals surface area contributed by atoms with Crippen LogP contribution in [-0.2, 0) is 0 Å². The standard InChI is InChI=1S/C11H16N2O3S/c1-7(2)4-5-13(3)10(14)9-12-8(6-17-9)11(15)16/h6-7H,4-5H2,1-3H3,(H,15,16). The Kier molecular flexibility index (Phi) is 4.62. The Morgan fingerprint density at radius 1 is 1.53 bits per heavy atom. The lowest BCUT2D eigenvalue weighted by Crippen LogP contribution is -2.28. The number of amides is 1. The monoisotopic (exact) mass is 256 g/mol. The van der Waals surface area contributed by atoms with E-state index < -0.39 is 5.97 Å². The lowest BCUT2D eigenvalue weighted by atomic mass is 10.1. The first-order valence-electron chi connectivity index (χ1n) is 5.36. The average Bonchev–Trinajstić information content (AvgIpc) is 2.73. The molecule has 94 valence electrons. The van der Waals surface area contributed by atoms with Gasteiger partial charge < -0.3 is 10.0 Å². The normalized spacial score (nSPS) is 10.6. The van der Waals surface area contributed by atoms with Crippen LogP contribution >= 0.6 is 11.3 Å². The van der Waals surface area contributed by atoms with Crippen LogP contribution in [0.5, 0.6) is 0 Å². The lowest BCUT2D eigenvalue weighted by Gasteiger charge is -2.16. The Morgan fingerprint density at radius 3 is 2.65 bits per heavy atom. The van der Waals surface area contributed by atoms with Crippen LogP contribution in [-0.4, -0.2) is 40.5 Å². The van der Waals surface area contributed by atoms with Gasteiger partial charge in [-0.2, -0.15) is 0 Å². The number of thiazole rings is 1. The van der Waals surface area contributed by atoms with Crippen LogP contribution in [0, 0.1) is 5.92 Å². The second-order valence-electron chi connectivity index (χ2n) is 4.25. The molecule has 1 aromatic heterocycles. The Hall–Kier alpha value is -1.43. The zero-order valence-electron chi connectivity index (χ0n) is 10.1. The summed E-state index contributed by atoms with van der Waals surface area (Å²) in [6.45, 7) is 4.83. The summed E-state index contributed by atoms with van der Waals surface area (Å²) in [4.78, 5) is 27.9. The molecule has 1 heterocycles. The van der Waals surface area contributed by atoms with Gasteiger partial charge >= 0.3 is 5.97 Å². The van der Waals surface area contributed by atoms with Gasteiger partial charge in [-0.05, 0) is 12.3 Å². The predicted octanol–water partition coefficient (Wildman–Crippen LogP) is 1.96. The van der Waals surface area contributed by atoms with E-state index in [0.717, 1.165) is 17.8 Å². The smallest absolute Gasteiger partial charge is 0.355 e. The van der Waals surface area contributed by atoms with Gasteiger partial charge in [0.1, 0.15) is 0 Å². The van der Waals surface area contributed by atoms with E-state index in [-0.39, 0.29) is 16.6 Å². The van der Waals surface area contributed by atoms with Gasteiger partial charge in [0.25, 0.3) is 5.91 Å². The van der Waals surface area contributed by atoms with Crippen LogP contribution < -0.4 is 0 Å². The predicted molar refractivity (Wildman–Crippen MR) is 65.5 cm³/mol. The van der Waals surface area contributed by atoms with Gasteiger partial charge in [-0.3, -0.25) is 4.79 Å². The molecule has 0 aliphatic carbocycles. The maximum absolute atomic E-state index is 11.9. The number of aromatic nitrogens is 1. The molecule has 0 aliphatic rings. The van der Waals surface area contributed by atoms with Gasteiger partial charge in [0.05, 0.1) is 0 Å². The molecule has 0 fully saturated rings. The van der Waals surface area contributed by atoms with Crippen molar-refractivity contribution in [3.8, 4) is 0 Å². The quantitative estimate of drug-likeness (QED) is 0.874. The van der Waals surface area contributed by atoms with E-state index >= 15 is 0 Å². The number of aromatic carboxylic acids is 1. The molecule has 1 amide bonds. The fourth-order valence-corrected chi connectivity index (χ4v) is 1.97. The largest absolute Gasteiger partial charge is 0.476 e. The summed E-state index contributed by atoms with van der Waals surface area (Å²) in [5.41, 5.74) is -0.0735. The number of carbonyl (C=O) groups is 2. The highest BCUT2D eigenvalue weighted by Crippen LogP contribution is 2.12. The molecule has 1 N–H and O–H groups in total. The molecular weight excluding hydrogens is 240 g/mol. The first kappa shape index (κ1) is 13.6. The molecular formula is C11H16N2O3S. The minimum Gasteiger partial charge on any atom is -0.476 e. The van der Waals surface area contributed by atoms with Crippen LogP contribution in [0.2, 0.25) is 0 Å². The van der Waals surface area contributed by atoms with Crippen LogP contribution in [0.25, 0.3) is 0 Å². The van der Waals surface area contributed by atoms with Gasteiger partial charge in [0.15, 0.2) is 10.7 Å². The average molecular weight is 256 g/mol. The molecule has 0 aromatic carbocycles. The van der Waals surface area contributed by atoms with Crippen LogP contribution in [0.15, 0.2) is 5.38 Å². The number of carboxylic acid groups (broad SMARTS) is 1. The third-order valence-electron chi connectivity index (χ3n) is 2.29. The number of carbonyl (C=O) groups excluding carboxylic acids is 1. The maximum Gasteiger partial charge on any atom is 0.355 e. The van der Waals surface area contributed by atoms with E-state index in [9.17, 15) is 9.59 Å². The molecule has 5 nitrogen and oxygen atoms in total. The molecule has 0 radical (unpaired) electrons. The van der Waals surface area contributed by atoms with Crippen molar-refractivity contribution < 1.29 is 14.7 Å². The molecule has 6 heteroatoms. The number of nitrogens with zero attached hydrogens (tertiary/aromatic N) is 2. The maximum atomic E-state index is 11.9. The highest BCUT2D eigenvalue weighted by molar-refractivity contribution is 7.11. The summed E-state index contributed by atoms with van der Waals surface area (Å²) in [6.07, 6.45) is 0.916. The third-order valence-corrected chi connectivity index (χ3v) is 3.13. The Bertz CT molecular complexity index is 415. The second kappa shape index (κ2) is 5.77. The molecule has 0 saturated carbocycles. The van der Waals surface area contributed by atoms with E-state index in [0.29, 0.717) is 12.5 Å². The van der Waals surface area contributed by atoms with Crippen molar-refractivity contribution in [1.29, 1.82) is 0 Å². The second-order valence-corrected chi connectivity index (χ2v) is 5.11. The molecule has 1 rings (SSSR count). The fourth-order valence-electron chi connectivity index (χ4n) is 1.19. The van der Waals surface area contributed by atoms with Crippen molar-refractivity contribution in [2.75, 3.05) is 13.6 Å². The van der Waals surface area contributed by atoms with Crippen molar-refractivity contribution in [3.05, 3.63) is 16.1 Å². The van der Waals surface area contributed by atoms with E-state index in [2.05, 4.69) is 18.8 Å². The Morgan fingerprint density at radius 2 is 2.18 bits per heavy atom. The first-order chi connectivity index (χ1) is 7.91.